The van der Waals surface area contributed by atoms with E-state index in [2.05, 4.69) is 6.54 Å². The highest BCUT2D eigenvalue weighted by Crippen LogP contribution is 1.89. The lowest BCUT2D eigenvalue weighted by Gasteiger charge is -2.07. The Bertz CT molecular complexity index is 54.9. The number of hydrogen-bond donors (Lipinski definition) is 0. The van der Waals surface area contributed by atoms with Crippen LogP contribution in [0.25, 0.3) is 0 Å². The van der Waals surface area contributed by atoms with Gasteiger partial charge in [-0.1, -0.05) is 0 Å². The van der Waals surface area contributed by atoms with Crippen LogP contribution in [0.4, 0.5) is 0 Å². The molecule has 0 spiro atoms. The van der Waals surface area contributed by atoms with Crippen molar-refractivity contribution in [3.8, 4) is 0 Å². The molecule has 0 aliphatic heterocycles. The predicted octanol–water partition coefficient (Wildman–Crippen LogP) is 1.14. The molecule has 0 aromatic rings. The van der Waals surface area contributed by atoms with E-state index in [9.17, 15) is 0 Å². The molecule has 0 heterocycles. The van der Waals surface area contributed by atoms with Crippen molar-refractivity contribution in [1.29, 1.82) is 0 Å². The molecule has 1 radical (unpaired) electrons. The van der Waals surface area contributed by atoms with E-state index in [4.69, 9.17) is 4.74 Å². The minimum atomic E-state index is 0.821. The topological polar surface area (TPSA) is 12.5 Å². The molecule has 0 fully saturated rings. The first-order chi connectivity index (χ1) is 4.27. The fourth-order valence-corrected chi connectivity index (χ4v) is 0.539. The van der Waals surface area contributed by atoms with E-state index in [-0.39, 0.29) is 0 Å². The zero-order chi connectivity index (χ0) is 7.11. The Labute approximate surface area is 57.8 Å². The average molecular weight is 130 g/mol. The summed E-state index contributed by atoms with van der Waals surface area (Å²) in [6.45, 7) is 5.78. The van der Waals surface area contributed by atoms with Gasteiger partial charge < -0.3 is 9.64 Å². The smallest absolute Gasteiger partial charge is 0.0481 e. The van der Waals surface area contributed by atoms with Gasteiger partial charge in [-0.2, -0.15) is 0 Å². The lowest BCUT2D eigenvalue weighted by atomic mass is 10.4. The van der Waals surface area contributed by atoms with Crippen molar-refractivity contribution in [1.82, 2.24) is 4.90 Å². The SMILES string of the molecule is CCOCC[CH]N(C)C. The minimum Gasteiger partial charge on any atom is -0.382 e. The van der Waals surface area contributed by atoms with Crippen LogP contribution in [0.1, 0.15) is 13.3 Å². The van der Waals surface area contributed by atoms with Crippen LogP contribution in [0.3, 0.4) is 0 Å². The zero-order valence-electron chi connectivity index (χ0n) is 6.55. The fraction of sp³-hybridized carbons (Fsp3) is 0.857. The van der Waals surface area contributed by atoms with E-state index in [1.807, 2.05) is 25.9 Å². The molecule has 55 valence electrons. The molecule has 0 aliphatic carbocycles. The van der Waals surface area contributed by atoms with Crippen molar-refractivity contribution in [2.24, 2.45) is 0 Å². The summed E-state index contributed by atoms with van der Waals surface area (Å²) in [6.07, 6.45) is 1.01. The number of ether oxygens (including phenoxy) is 1. The standard InChI is InChI=1S/C7H16NO/c1-4-9-7-5-6-8(2)3/h6H,4-5,7H2,1-3H3. The van der Waals surface area contributed by atoms with Gasteiger partial charge >= 0.3 is 0 Å². The van der Waals surface area contributed by atoms with Crippen LogP contribution in [-0.4, -0.2) is 32.2 Å². The van der Waals surface area contributed by atoms with Gasteiger partial charge in [-0.15, -0.1) is 0 Å². The van der Waals surface area contributed by atoms with Crippen LogP contribution >= 0.6 is 0 Å². The van der Waals surface area contributed by atoms with E-state index in [0.717, 1.165) is 19.6 Å². The third-order valence-corrected chi connectivity index (χ3v) is 0.961. The summed E-state index contributed by atoms with van der Waals surface area (Å²) < 4.78 is 5.13. The minimum absolute atomic E-state index is 0.821. The Balaban J connectivity index is 2.75. The lowest BCUT2D eigenvalue weighted by molar-refractivity contribution is 0.145. The van der Waals surface area contributed by atoms with Gasteiger partial charge in [0.15, 0.2) is 0 Å². The lowest BCUT2D eigenvalue weighted by Crippen LogP contribution is -2.08. The van der Waals surface area contributed by atoms with Crippen molar-refractivity contribution in [2.75, 3.05) is 27.3 Å². The quantitative estimate of drug-likeness (QED) is 0.517. The molecule has 0 N–H and O–H groups in total. The van der Waals surface area contributed by atoms with Gasteiger partial charge in [-0.05, 0) is 27.4 Å². The molecule has 2 heteroatoms. The van der Waals surface area contributed by atoms with E-state index in [1.54, 1.807) is 0 Å². The largest absolute Gasteiger partial charge is 0.382 e. The molecule has 0 rings (SSSR count). The highest BCUT2D eigenvalue weighted by molar-refractivity contribution is 4.58. The summed E-state index contributed by atoms with van der Waals surface area (Å²) >= 11 is 0. The maximum absolute atomic E-state index is 5.13. The molecular formula is C7H16NO. The van der Waals surface area contributed by atoms with Crippen LogP contribution in [0.5, 0.6) is 0 Å². The fourth-order valence-electron chi connectivity index (χ4n) is 0.539. The maximum Gasteiger partial charge on any atom is 0.0481 e. The Hall–Kier alpha value is -0.0800. The monoisotopic (exact) mass is 130 g/mol. The van der Waals surface area contributed by atoms with Gasteiger partial charge in [0.05, 0.1) is 0 Å². The molecule has 0 unspecified atom stereocenters. The second kappa shape index (κ2) is 6.05. The Morgan fingerprint density at radius 2 is 2.11 bits per heavy atom. The van der Waals surface area contributed by atoms with Crippen LogP contribution < -0.4 is 0 Å². The van der Waals surface area contributed by atoms with Gasteiger partial charge in [0.2, 0.25) is 0 Å². The van der Waals surface area contributed by atoms with Crippen molar-refractivity contribution in [2.45, 2.75) is 13.3 Å². The highest BCUT2D eigenvalue weighted by Gasteiger charge is 1.88. The van der Waals surface area contributed by atoms with Crippen LogP contribution in [0, 0.1) is 6.54 Å². The van der Waals surface area contributed by atoms with Crippen molar-refractivity contribution in [3.05, 3.63) is 6.54 Å². The first-order valence-electron chi connectivity index (χ1n) is 3.35. The number of rotatable bonds is 5. The molecule has 0 amide bonds. The molecule has 0 atom stereocenters. The van der Waals surface area contributed by atoms with Crippen LogP contribution in [0.2, 0.25) is 0 Å². The normalized spacial score (nSPS) is 10.7. The van der Waals surface area contributed by atoms with Gasteiger partial charge in [0, 0.05) is 19.8 Å². The summed E-state index contributed by atoms with van der Waals surface area (Å²) in [7, 11) is 4.04. The van der Waals surface area contributed by atoms with E-state index < -0.39 is 0 Å². The molecule has 0 aromatic carbocycles. The molecule has 2 nitrogen and oxygen atoms in total. The first kappa shape index (κ1) is 8.92. The van der Waals surface area contributed by atoms with Gasteiger partial charge in [0.1, 0.15) is 0 Å². The Morgan fingerprint density at radius 3 is 2.56 bits per heavy atom. The molecule has 0 saturated carbocycles. The molecule has 0 bridgehead atoms. The average Bonchev–Trinajstić information content (AvgIpc) is 1.80. The zero-order valence-corrected chi connectivity index (χ0v) is 6.55. The molecule has 0 aromatic heterocycles. The van der Waals surface area contributed by atoms with E-state index in [0.29, 0.717) is 0 Å². The van der Waals surface area contributed by atoms with Gasteiger partial charge in [-0.3, -0.25) is 0 Å². The Kier molecular flexibility index (Phi) is 5.99. The third kappa shape index (κ3) is 7.92. The molecule has 9 heavy (non-hydrogen) atoms. The predicted molar refractivity (Wildman–Crippen MR) is 39.1 cm³/mol. The van der Waals surface area contributed by atoms with Crippen molar-refractivity contribution >= 4 is 0 Å². The van der Waals surface area contributed by atoms with Crippen LogP contribution in [-0.2, 0) is 4.74 Å². The highest BCUT2D eigenvalue weighted by atomic mass is 16.5. The maximum atomic E-state index is 5.13. The van der Waals surface area contributed by atoms with Gasteiger partial charge in [0.25, 0.3) is 0 Å². The van der Waals surface area contributed by atoms with Gasteiger partial charge in [-0.25, -0.2) is 0 Å². The summed E-state index contributed by atoms with van der Waals surface area (Å²) in [6, 6.07) is 0. The molecule has 0 aliphatic rings. The molecule has 0 saturated heterocycles. The number of hydrogen-bond acceptors (Lipinski definition) is 2. The van der Waals surface area contributed by atoms with E-state index in [1.165, 1.54) is 0 Å². The molecular weight excluding hydrogens is 114 g/mol. The third-order valence-electron chi connectivity index (χ3n) is 0.961. The first-order valence-corrected chi connectivity index (χ1v) is 3.35. The van der Waals surface area contributed by atoms with Crippen molar-refractivity contribution < 1.29 is 4.74 Å². The van der Waals surface area contributed by atoms with E-state index >= 15 is 0 Å². The summed E-state index contributed by atoms with van der Waals surface area (Å²) in [5.41, 5.74) is 0. The Morgan fingerprint density at radius 1 is 1.44 bits per heavy atom. The second-order valence-corrected chi connectivity index (χ2v) is 2.13. The summed E-state index contributed by atoms with van der Waals surface area (Å²) in [5, 5.41) is 0. The summed E-state index contributed by atoms with van der Waals surface area (Å²) in [5.74, 6) is 0. The second-order valence-electron chi connectivity index (χ2n) is 2.13. The van der Waals surface area contributed by atoms with Crippen molar-refractivity contribution in [3.63, 3.8) is 0 Å². The van der Waals surface area contributed by atoms with Crippen LogP contribution in [0.15, 0.2) is 0 Å². The summed E-state index contributed by atoms with van der Waals surface area (Å²) in [4.78, 5) is 2.04. The number of nitrogens with zero attached hydrogens (tertiary/aromatic N) is 1.